The fourth-order valence-electron chi connectivity index (χ4n) is 5.65. The van der Waals surface area contributed by atoms with Gasteiger partial charge in [0, 0.05) is 24.3 Å². The van der Waals surface area contributed by atoms with E-state index in [-0.39, 0.29) is 0 Å². The molecule has 0 saturated heterocycles. The summed E-state index contributed by atoms with van der Waals surface area (Å²) in [5.74, 6) is -71.4. The van der Waals surface area contributed by atoms with Crippen molar-refractivity contribution in [1.82, 2.24) is 0 Å². The van der Waals surface area contributed by atoms with E-state index in [1.54, 1.807) is 0 Å². The van der Waals surface area contributed by atoms with Gasteiger partial charge in [0.1, 0.15) is 52.7 Å². The lowest BCUT2D eigenvalue weighted by atomic mass is 9.12. The highest BCUT2D eigenvalue weighted by Crippen LogP contribution is 2.30. The minimum atomic E-state index is -7.22. The van der Waals surface area contributed by atoms with Crippen LogP contribution in [0.1, 0.15) is 0 Å². The fourth-order valence-corrected chi connectivity index (χ4v) is 7.54. The van der Waals surface area contributed by atoms with Gasteiger partial charge in [0.25, 0.3) is 12.0 Å². The molecular weight excluding hydrogens is 972 g/mol. The Morgan fingerprint density at radius 2 is 0.431 bits per heavy atom. The van der Waals surface area contributed by atoms with Crippen molar-refractivity contribution in [2.75, 3.05) is 0 Å². The second-order valence-corrected chi connectivity index (χ2v) is 13.6. The third-order valence-corrected chi connectivity index (χ3v) is 10.2. The molecule has 0 aliphatic carbocycles. The average Bonchev–Trinajstić information content (AvgIpc) is 3.80. The average molecular weight is 976 g/mol. The van der Waals surface area contributed by atoms with Crippen LogP contribution < -0.4 is 43.1 Å². The van der Waals surface area contributed by atoms with Crippen LogP contribution in [0.3, 0.4) is 0 Å². The van der Waals surface area contributed by atoms with E-state index in [1.165, 1.54) is 24.3 Å². The predicted molar refractivity (Wildman–Crippen MR) is 144 cm³/mol. The van der Waals surface area contributed by atoms with Gasteiger partial charge in [-0.3, -0.25) is 0 Å². The SMILES string of the molecule is Fc1c(F)c(F)c([B-](c2c(F)c(F)c(F)c(F)c2F)(c2c(F)c(F)c(F)c(F)c2F)c2c(F)c(F)c(F)c(F)c2F)c(F)c1F.Fc1ccc([I+]c2ccc(F)o2)o1. The van der Waals surface area contributed by atoms with Crippen LogP contribution in [0.25, 0.3) is 0 Å². The monoisotopic (exact) mass is 976 g/mol. The first-order valence-corrected chi connectivity index (χ1v) is 16.5. The third kappa shape index (κ3) is 6.70. The van der Waals surface area contributed by atoms with E-state index in [2.05, 4.69) is 0 Å². The van der Waals surface area contributed by atoms with Crippen LogP contribution in [0.15, 0.2) is 33.1 Å². The molecule has 58 heavy (non-hydrogen) atoms. The van der Waals surface area contributed by atoms with Gasteiger partial charge in [-0.15, -0.1) is 21.9 Å². The Kier molecular flexibility index (Phi) is 11.9. The zero-order chi connectivity index (χ0) is 43.6. The van der Waals surface area contributed by atoms with E-state index in [1.807, 2.05) is 0 Å². The second-order valence-electron chi connectivity index (χ2n) is 11.0. The predicted octanol–water partition coefficient (Wildman–Crippen LogP) is 5.13. The molecule has 0 bridgehead atoms. The van der Waals surface area contributed by atoms with Crippen molar-refractivity contribution < 1.29 is 127 Å². The van der Waals surface area contributed by atoms with Crippen LogP contribution in [0.2, 0.25) is 0 Å². The van der Waals surface area contributed by atoms with Crippen LogP contribution in [-0.2, 0) is 0 Å². The molecule has 0 saturated carbocycles. The molecule has 0 fully saturated rings. The molecule has 26 heteroatoms. The maximum atomic E-state index is 15.4. The van der Waals surface area contributed by atoms with Gasteiger partial charge in [0.05, 0.1) is 0 Å². The largest absolute Gasteiger partial charge is 0.443 e. The van der Waals surface area contributed by atoms with E-state index >= 15 is 35.1 Å². The molecule has 0 spiro atoms. The molecular formula is C32H4BF22IO2. The van der Waals surface area contributed by atoms with Crippen molar-refractivity contribution in [1.29, 1.82) is 0 Å². The Labute approximate surface area is 314 Å². The van der Waals surface area contributed by atoms with Gasteiger partial charge in [-0.25, -0.2) is 87.8 Å². The van der Waals surface area contributed by atoms with E-state index < -0.39 is 178 Å². The first-order chi connectivity index (χ1) is 26.9. The summed E-state index contributed by atoms with van der Waals surface area (Å²) in [4.78, 5) is 0. The molecule has 6 aromatic rings. The second kappa shape index (κ2) is 15.8. The van der Waals surface area contributed by atoms with Crippen molar-refractivity contribution in [2.45, 2.75) is 0 Å². The lowest BCUT2D eigenvalue weighted by Crippen LogP contribution is -3.61. The van der Waals surface area contributed by atoms with Crippen molar-refractivity contribution in [2.24, 2.45) is 0 Å². The number of rotatable bonds is 6. The molecule has 2 nitrogen and oxygen atoms in total. The Hall–Kier alpha value is -5.31. The summed E-state index contributed by atoms with van der Waals surface area (Å²) in [6, 6.07) is 4.28. The lowest BCUT2D eigenvalue weighted by molar-refractivity contribution is -0.637. The number of benzene rings is 4. The fraction of sp³-hybridized carbons (Fsp3) is 0. The van der Waals surface area contributed by atoms with Gasteiger partial charge < -0.3 is 8.83 Å². The van der Waals surface area contributed by atoms with Crippen molar-refractivity contribution in [3.63, 3.8) is 0 Å². The van der Waals surface area contributed by atoms with Gasteiger partial charge in [-0.1, -0.05) is 0 Å². The highest BCUT2D eigenvalue weighted by atomic mass is 127. The van der Waals surface area contributed by atoms with Crippen LogP contribution in [-0.4, -0.2) is 6.15 Å². The minimum absolute atomic E-state index is 0.519. The number of hydrogen-bond acceptors (Lipinski definition) is 2. The van der Waals surface area contributed by atoms with Crippen LogP contribution in [0.4, 0.5) is 96.6 Å². The number of furan rings is 2. The summed E-state index contributed by atoms with van der Waals surface area (Å²) in [5, 5.41) is 0. The molecule has 0 radical (unpaired) electrons. The summed E-state index contributed by atoms with van der Waals surface area (Å²) in [5.41, 5.74) is -14.3. The summed E-state index contributed by atoms with van der Waals surface area (Å²) >= 11 is -0.743. The molecule has 0 amide bonds. The van der Waals surface area contributed by atoms with Gasteiger partial charge in [0.15, 0.2) is 69.8 Å². The molecule has 6 rings (SSSR count). The van der Waals surface area contributed by atoms with E-state index in [0.717, 1.165) is 0 Å². The normalized spacial score (nSPS) is 11.7. The summed E-state index contributed by atoms with van der Waals surface area (Å²) in [7, 11) is 0. The smallest absolute Gasteiger partial charge is 0.391 e. The Morgan fingerprint density at radius 1 is 0.259 bits per heavy atom. The molecule has 2 heterocycles. The summed E-state index contributed by atoms with van der Waals surface area (Å²) < 4.78 is 329. The highest BCUT2D eigenvalue weighted by Gasteiger charge is 2.52. The minimum Gasteiger partial charge on any atom is -0.391 e. The van der Waals surface area contributed by atoms with Crippen LogP contribution in [0, 0.1) is 136 Å². The summed E-state index contributed by atoms with van der Waals surface area (Å²) in [6.45, 7) is 0. The molecule has 0 aliphatic rings. The number of hydrogen-bond donors (Lipinski definition) is 0. The highest BCUT2D eigenvalue weighted by molar-refractivity contribution is 7.20. The zero-order valence-corrected chi connectivity index (χ0v) is 28.6. The van der Waals surface area contributed by atoms with E-state index in [4.69, 9.17) is 8.83 Å². The third-order valence-electron chi connectivity index (χ3n) is 7.97. The van der Waals surface area contributed by atoms with Gasteiger partial charge >= 0.3 is 28.7 Å². The van der Waals surface area contributed by atoms with E-state index in [0.29, 0.717) is 7.53 Å². The first kappa shape index (κ1) is 43.8. The maximum Gasteiger partial charge on any atom is 0.443 e. The Morgan fingerprint density at radius 3 is 0.586 bits per heavy atom. The molecule has 308 valence electrons. The van der Waals surface area contributed by atoms with Crippen LogP contribution in [0.5, 0.6) is 0 Å². The molecule has 2 aromatic heterocycles. The van der Waals surface area contributed by atoms with Gasteiger partial charge in [-0.05, 0) is 0 Å². The molecule has 0 aliphatic heterocycles. The van der Waals surface area contributed by atoms with Gasteiger partial charge in [-0.2, -0.15) is 8.78 Å². The lowest BCUT2D eigenvalue weighted by Gasteiger charge is -2.44. The van der Waals surface area contributed by atoms with Crippen LogP contribution >= 0.6 is 0 Å². The maximum absolute atomic E-state index is 15.4. The van der Waals surface area contributed by atoms with Crippen molar-refractivity contribution in [3.05, 3.63) is 160 Å². The first-order valence-electron chi connectivity index (χ1n) is 14.3. The molecule has 0 unspecified atom stereocenters. The summed E-state index contributed by atoms with van der Waals surface area (Å²) in [6.07, 6.45) is -7.22. The molecule has 0 N–H and O–H groups in total. The van der Waals surface area contributed by atoms with E-state index in [9.17, 15) is 61.5 Å². The standard InChI is InChI=1S/C24BF20.C8H4F2IO2/c26-5-1(6(27)14(35)21(42)13(5)34)25(2-7(28)15(36)22(43)16(37)8(2)29,3-9(30)17(38)23(44)18(39)10(3)31)4-11(32)19(40)24(45)20(41)12(4)33;9-5-1-3-7(12-5)11-8-4-2-6(10)13-8/h;1-4H/q-1;+1. The number of halogens is 23. The van der Waals surface area contributed by atoms with Crippen molar-refractivity contribution in [3.8, 4) is 0 Å². The van der Waals surface area contributed by atoms with Gasteiger partial charge in [0.2, 0.25) is 0 Å². The molecule has 0 atom stereocenters. The topological polar surface area (TPSA) is 26.3 Å². The Bertz CT molecular complexity index is 2220. The molecule has 4 aromatic carbocycles. The van der Waals surface area contributed by atoms with Crippen molar-refractivity contribution >= 4 is 28.0 Å². The Balaban J connectivity index is 0.000000414. The quantitative estimate of drug-likeness (QED) is 0.0763. The zero-order valence-electron chi connectivity index (χ0n) is 26.4.